The first-order valence-electron chi connectivity index (χ1n) is 11.6. The number of allylic oxidation sites excluding steroid dienone is 1. The lowest BCUT2D eigenvalue weighted by Gasteiger charge is -2.37. The monoisotopic (exact) mass is 451 g/mol. The molecule has 2 aromatic rings. The van der Waals surface area contributed by atoms with Gasteiger partial charge in [0.15, 0.2) is 0 Å². The fraction of sp³-hybridized carbons (Fsp3) is 0.423. The molecule has 5 rings (SSSR count). The normalized spacial score (nSPS) is 19.8. The van der Waals surface area contributed by atoms with Crippen LogP contribution in [0.5, 0.6) is 0 Å². The number of nitrogens with zero attached hydrogens (tertiary/aromatic N) is 3. The topological polar surface area (TPSA) is 36.0 Å². The molecule has 0 N–H and O–H groups in total. The third kappa shape index (κ3) is 4.56. The van der Waals surface area contributed by atoms with Crippen molar-refractivity contribution in [3.05, 3.63) is 70.9 Å². The molecule has 3 aliphatic rings. The minimum Gasteiger partial charge on any atom is -0.381 e. The highest BCUT2D eigenvalue weighted by Crippen LogP contribution is 2.35. The van der Waals surface area contributed by atoms with Crippen LogP contribution in [0.4, 0.5) is 11.4 Å². The van der Waals surface area contributed by atoms with Crippen molar-refractivity contribution in [1.82, 2.24) is 9.80 Å². The van der Waals surface area contributed by atoms with Gasteiger partial charge >= 0.3 is 0 Å². The van der Waals surface area contributed by atoms with Crippen LogP contribution in [0.2, 0.25) is 5.02 Å². The number of carbonyl (C=O) groups is 1. The molecule has 3 heterocycles. The van der Waals surface area contributed by atoms with Gasteiger partial charge in [-0.3, -0.25) is 9.69 Å². The van der Waals surface area contributed by atoms with Crippen LogP contribution in [-0.2, 0) is 11.2 Å². The molecule has 2 aromatic carbocycles. The maximum atomic E-state index is 13.2. The van der Waals surface area contributed by atoms with Crippen molar-refractivity contribution in [3.63, 3.8) is 0 Å². The summed E-state index contributed by atoms with van der Waals surface area (Å²) in [6, 6.07) is 14.1. The van der Waals surface area contributed by atoms with Crippen LogP contribution in [0, 0.1) is 5.92 Å². The first-order valence-corrected chi connectivity index (χ1v) is 12.0. The van der Waals surface area contributed by atoms with Crippen LogP contribution >= 0.6 is 11.6 Å². The molecule has 168 valence electrons. The highest BCUT2D eigenvalue weighted by atomic mass is 35.5. The molecule has 0 bridgehead atoms. The smallest absolute Gasteiger partial charge is 0.255 e. The first kappa shape index (κ1) is 21.5. The van der Waals surface area contributed by atoms with Crippen molar-refractivity contribution < 1.29 is 9.53 Å². The van der Waals surface area contributed by atoms with Crippen molar-refractivity contribution in [1.29, 1.82) is 0 Å². The second-order valence-electron chi connectivity index (χ2n) is 8.90. The van der Waals surface area contributed by atoms with E-state index in [9.17, 15) is 4.79 Å². The van der Waals surface area contributed by atoms with Crippen LogP contribution in [0.25, 0.3) is 0 Å². The second-order valence-corrected chi connectivity index (χ2v) is 9.31. The lowest BCUT2D eigenvalue weighted by molar-refractivity contribution is 0.0393. The summed E-state index contributed by atoms with van der Waals surface area (Å²) in [5, 5.41) is 0.508. The summed E-state index contributed by atoms with van der Waals surface area (Å²) in [6.45, 7) is 6.24. The van der Waals surface area contributed by atoms with Gasteiger partial charge in [0.25, 0.3) is 5.91 Å². The summed E-state index contributed by atoms with van der Waals surface area (Å²) in [5.41, 5.74) is 3.99. The van der Waals surface area contributed by atoms with E-state index in [0.29, 0.717) is 10.6 Å². The molecule has 2 saturated heterocycles. The van der Waals surface area contributed by atoms with E-state index in [2.05, 4.69) is 40.3 Å². The molecule has 0 aromatic heterocycles. The maximum Gasteiger partial charge on any atom is 0.255 e. The van der Waals surface area contributed by atoms with E-state index in [1.54, 1.807) is 0 Å². The summed E-state index contributed by atoms with van der Waals surface area (Å²) in [4.78, 5) is 19.7. The summed E-state index contributed by atoms with van der Waals surface area (Å²) in [7, 11) is 0. The second kappa shape index (κ2) is 9.65. The number of rotatable bonds is 4. The number of hydrogen-bond donors (Lipinski definition) is 0. The Balaban J connectivity index is 1.23. The minimum atomic E-state index is 0.0295. The van der Waals surface area contributed by atoms with Gasteiger partial charge in [-0.1, -0.05) is 35.9 Å². The molecule has 0 unspecified atom stereocenters. The highest BCUT2D eigenvalue weighted by molar-refractivity contribution is 6.34. The lowest BCUT2D eigenvalue weighted by Crippen LogP contribution is -2.50. The average molecular weight is 452 g/mol. The van der Waals surface area contributed by atoms with Gasteiger partial charge in [0.2, 0.25) is 0 Å². The number of piperazine rings is 1. The number of ether oxygens (including phenoxy) is 1. The van der Waals surface area contributed by atoms with Crippen molar-refractivity contribution in [2.75, 3.05) is 50.8 Å². The van der Waals surface area contributed by atoms with Gasteiger partial charge in [-0.2, -0.15) is 0 Å². The zero-order valence-electron chi connectivity index (χ0n) is 18.4. The van der Waals surface area contributed by atoms with Gasteiger partial charge in [-0.25, -0.2) is 0 Å². The van der Waals surface area contributed by atoms with Crippen LogP contribution in [-0.4, -0.2) is 61.6 Å². The summed E-state index contributed by atoms with van der Waals surface area (Å²) < 4.78 is 5.47. The summed E-state index contributed by atoms with van der Waals surface area (Å²) in [6.07, 6.45) is 7.45. The molecular weight excluding hydrogens is 422 g/mol. The number of halogens is 1. The van der Waals surface area contributed by atoms with Crippen molar-refractivity contribution in [3.8, 4) is 0 Å². The Labute approximate surface area is 195 Å². The average Bonchev–Trinajstić information content (AvgIpc) is 2.84. The van der Waals surface area contributed by atoms with Crippen LogP contribution in [0.3, 0.4) is 0 Å². The standard InChI is InChI=1S/C26H30ClN3O2/c27-24-18-22(30-11-3-5-21-4-1-2-6-25(21)30)7-8-23(24)26(31)29-14-12-28(13-15-29)19-20-9-16-32-17-10-20/h1-4,6-8,11,18,20H,5,9-10,12-17,19H2. The van der Waals surface area contributed by atoms with Crippen molar-refractivity contribution in [2.24, 2.45) is 5.92 Å². The number of para-hydroxylation sites is 1. The van der Waals surface area contributed by atoms with E-state index in [0.717, 1.165) is 82.5 Å². The number of anilines is 2. The third-order valence-corrected chi connectivity index (χ3v) is 7.13. The van der Waals surface area contributed by atoms with Crippen molar-refractivity contribution >= 4 is 28.9 Å². The van der Waals surface area contributed by atoms with Gasteiger partial charge in [-0.15, -0.1) is 0 Å². The van der Waals surface area contributed by atoms with Gasteiger partial charge < -0.3 is 14.5 Å². The summed E-state index contributed by atoms with van der Waals surface area (Å²) >= 11 is 6.63. The van der Waals surface area contributed by atoms with Crippen molar-refractivity contribution in [2.45, 2.75) is 19.3 Å². The molecule has 0 spiro atoms. The first-order chi connectivity index (χ1) is 15.7. The minimum absolute atomic E-state index is 0.0295. The SMILES string of the molecule is O=C(c1ccc(N2C=CCc3ccccc32)cc1Cl)N1CCN(CC2CCOCC2)CC1. The Bertz CT molecular complexity index is 994. The zero-order valence-corrected chi connectivity index (χ0v) is 19.1. The van der Waals surface area contributed by atoms with Gasteiger partial charge in [0.1, 0.15) is 0 Å². The molecule has 32 heavy (non-hydrogen) atoms. The van der Waals surface area contributed by atoms with Gasteiger partial charge in [0.05, 0.1) is 10.6 Å². The Morgan fingerprint density at radius 2 is 1.81 bits per heavy atom. The molecule has 0 radical (unpaired) electrons. The van der Waals surface area contributed by atoms with Gasteiger partial charge in [-0.05, 0) is 55.0 Å². The Morgan fingerprint density at radius 3 is 2.59 bits per heavy atom. The fourth-order valence-corrected chi connectivity index (χ4v) is 5.19. The molecule has 0 aliphatic carbocycles. The van der Waals surface area contributed by atoms with E-state index in [-0.39, 0.29) is 5.91 Å². The Hall–Kier alpha value is -2.34. The Kier molecular flexibility index (Phi) is 6.49. The summed E-state index contributed by atoms with van der Waals surface area (Å²) in [5.74, 6) is 0.754. The number of hydrogen-bond acceptors (Lipinski definition) is 4. The van der Waals surface area contributed by atoms with Crippen LogP contribution < -0.4 is 4.90 Å². The quantitative estimate of drug-likeness (QED) is 0.673. The van der Waals surface area contributed by atoms with E-state index in [1.165, 1.54) is 5.56 Å². The number of carbonyl (C=O) groups excluding carboxylic acids is 1. The number of fused-ring (bicyclic) bond motifs is 1. The molecule has 1 amide bonds. The van der Waals surface area contributed by atoms with Crippen LogP contribution in [0.1, 0.15) is 28.8 Å². The largest absolute Gasteiger partial charge is 0.381 e. The van der Waals surface area contributed by atoms with E-state index in [1.807, 2.05) is 29.2 Å². The third-order valence-electron chi connectivity index (χ3n) is 6.82. The zero-order chi connectivity index (χ0) is 21.9. The molecule has 0 atom stereocenters. The molecule has 6 heteroatoms. The predicted molar refractivity (Wildman–Crippen MR) is 129 cm³/mol. The Morgan fingerprint density at radius 1 is 1.03 bits per heavy atom. The molecule has 2 fully saturated rings. The van der Waals surface area contributed by atoms with Crippen LogP contribution in [0.15, 0.2) is 54.7 Å². The lowest BCUT2D eigenvalue weighted by atomic mass is 9.99. The molecule has 0 saturated carbocycles. The van der Waals surface area contributed by atoms with E-state index >= 15 is 0 Å². The van der Waals surface area contributed by atoms with E-state index in [4.69, 9.17) is 16.3 Å². The van der Waals surface area contributed by atoms with E-state index < -0.39 is 0 Å². The highest BCUT2D eigenvalue weighted by Gasteiger charge is 2.26. The maximum absolute atomic E-state index is 13.2. The van der Waals surface area contributed by atoms with Gasteiger partial charge in [0, 0.05) is 63.5 Å². The predicted octanol–water partition coefficient (Wildman–Crippen LogP) is 4.73. The molecule has 5 nitrogen and oxygen atoms in total. The number of benzene rings is 2. The molecule has 3 aliphatic heterocycles. The number of amides is 1. The molecular formula is C26H30ClN3O2. The fourth-order valence-electron chi connectivity index (χ4n) is 4.93.